The second-order valence-corrected chi connectivity index (χ2v) is 6.34. The van der Waals surface area contributed by atoms with Gasteiger partial charge in [0.05, 0.1) is 6.42 Å². The van der Waals surface area contributed by atoms with Crippen molar-refractivity contribution in [2.24, 2.45) is 0 Å². The molecule has 0 bridgehead atoms. The number of urea groups is 1. The van der Waals surface area contributed by atoms with Crippen LogP contribution in [0.3, 0.4) is 0 Å². The maximum Gasteiger partial charge on any atom is 0.326 e. The van der Waals surface area contributed by atoms with E-state index in [1.165, 1.54) is 31.1 Å². The predicted octanol–water partition coefficient (Wildman–Crippen LogP) is 1.72. The van der Waals surface area contributed by atoms with E-state index < -0.39 is 6.04 Å². The molecular weight excluding hydrogens is 325 g/mol. The Morgan fingerprint density at radius 1 is 1.20 bits per heavy atom. The third-order valence-corrected chi connectivity index (χ3v) is 4.82. The highest BCUT2D eigenvalue weighted by molar-refractivity contribution is 6.05. The lowest BCUT2D eigenvalue weighted by molar-refractivity contribution is -0.136. The first kappa shape index (κ1) is 17.1. The smallest absolute Gasteiger partial charge is 0.326 e. The highest BCUT2D eigenvalue weighted by Crippen LogP contribution is 2.24. The summed E-state index contributed by atoms with van der Waals surface area (Å²) in [6, 6.07) is 5.18. The Kier molecular flexibility index (Phi) is 4.57. The number of likely N-dealkylation sites (N-methyl/N-ethyl adjacent to an activating group) is 2. The normalized spacial score (nSPS) is 21.0. The van der Waals surface area contributed by atoms with Gasteiger partial charge in [-0.2, -0.15) is 0 Å². The number of benzene rings is 1. The Morgan fingerprint density at radius 2 is 1.88 bits per heavy atom. The second-order valence-electron chi connectivity index (χ2n) is 6.34. The molecule has 4 amide bonds. The van der Waals surface area contributed by atoms with E-state index >= 15 is 0 Å². The van der Waals surface area contributed by atoms with Crippen LogP contribution in [0.4, 0.5) is 9.18 Å². The Labute approximate surface area is 145 Å². The fourth-order valence-electron chi connectivity index (χ4n) is 3.19. The van der Waals surface area contributed by atoms with E-state index in [0.29, 0.717) is 19.5 Å². The molecule has 0 saturated carbocycles. The molecule has 1 atom stereocenters. The molecule has 132 valence electrons. The fourth-order valence-corrected chi connectivity index (χ4v) is 3.19. The number of carbonyl (C=O) groups is 3. The Balaban J connectivity index is 1.63. The van der Waals surface area contributed by atoms with Crippen molar-refractivity contribution in [1.29, 1.82) is 0 Å². The summed E-state index contributed by atoms with van der Waals surface area (Å²) in [5.74, 6) is -0.773. The molecule has 0 N–H and O–H groups in total. The number of carbonyl (C=O) groups excluding carboxylic acids is 3. The van der Waals surface area contributed by atoms with Crippen LogP contribution in [0.2, 0.25) is 0 Å². The molecule has 25 heavy (non-hydrogen) atoms. The van der Waals surface area contributed by atoms with Crippen molar-refractivity contribution in [2.75, 3.05) is 27.2 Å². The van der Waals surface area contributed by atoms with Crippen LogP contribution in [0.15, 0.2) is 30.3 Å². The molecule has 1 saturated heterocycles. The minimum Gasteiger partial charge on any atom is -0.339 e. The molecule has 7 heteroatoms. The Morgan fingerprint density at radius 3 is 2.40 bits per heavy atom. The molecular formula is C18H20FN3O3. The first-order chi connectivity index (χ1) is 11.9. The summed E-state index contributed by atoms with van der Waals surface area (Å²) in [5, 5.41) is 0. The van der Waals surface area contributed by atoms with Crippen LogP contribution in [0, 0.1) is 5.82 Å². The van der Waals surface area contributed by atoms with Crippen LogP contribution >= 0.6 is 0 Å². The summed E-state index contributed by atoms with van der Waals surface area (Å²) < 4.78 is 13.0. The molecule has 3 rings (SSSR count). The number of amides is 4. The molecule has 0 unspecified atom stereocenters. The Hall–Kier alpha value is -2.70. The van der Waals surface area contributed by atoms with Crippen LogP contribution in [0.25, 0.3) is 5.57 Å². The van der Waals surface area contributed by atoms with Crippen molar-refractivity contribution < 1.29 is 18.8 Å². The van der Waals surface area contributed by atoms with Crippen molar-refractivity contribution in [2.45, 2.75) is 18.9 Å². The van der Waals surface area contributed by atoms with Gasteiger partial charge in [-0.05, 0) is 29.7 Å². The predicted molar refractivity (Wildman–Crippen MR) is 89.9 cm³/mol. The SMILES string of the molecule is CN1C(=O)[C@H](CC(=O)N2CC=C(c3ccc(F)cc3)CC2)N(C)C1=O. The van der Waals surface area contributed by atoms with Gasteiger partial charge in [-0.15, -0.1) is 0 Å². The molecule has 0 radical (unpaired) electrons. The van der Waals surface area contributed by atoms with Gasteiger partial charge in [0, 0.05) is 27.2 Å². The minimum atomic E-state index is -0.729. The van der Waals surface area contributed by atoms with Gasteiger partial charge in [0.15, 0.2) is 0 Å². The average molecular weight is 345 g/mol. The molecule has 1 aromatic carbocycles. The molecule has 2 heterocycles. The quantitative estimate of drug-likeness (QED) is 0.784. The average Bonchev–Trinajstić information content (AvgIpc) is 2.80. The molecule has 0 aliphatic carbocycles. The van der Waals surface area contributed by atoms with Gasteiger partial charge >= 0.3 is 6.03 Å². The maximum atomic E-state index is 13.0. The third kappa shape index (κ3) is 3.26. The fraction of sp³-hybridized carbons (Fsp3) is 0.389. The van der Waals surface area contributed by atoms with E-state index in [-0.39, 0.29) is 30.1 Å². The number of hydrogen-bond donors (Lipinski definition) is 0. The summed E-state index contributed by atoms with van der Waals surface area (Å²) >= 11 is 0. The minimum absolute atomic E-state index is 0.00879. The lowest BCUT2D eigenvalue weighted by atomic mass is 9.99. The van der Waals surface area contributed by atoms with Crippen molar-refractivity contribution in [3.05, 3.63) is 41.7 Å². The maximum absolute atomic E-state index is 13.0. The lowest BCUT2D eigenvalue weighted by Crippen LogP contribution is -2.41. The highest BCUT2D eigenvalue weighted by atomic mass is 19.1. The van der Waals surface area contributed by atoms with Gasteiger partial charge < -0.3 is 9.80 Å². The van der Waals surface area contributed by atoms with Crippen molar-refractivity contribution in [1.82, 2.24) is 14.7 Å². The number of hydrogen-bond acceptors (Lipinski definition) is 3. The zero-order chi connectivity index (χ0) is 18.1. The summed E-state index contributed by atoms with van der Waals surface area (Å²) in [4.78, 5) is 40.4. The number of nitrogens with zero attached hydrogens (tertiary/aromatic N) is 3. The monoisotopic (exact) mass is 345 g/mol. The molecule has 2 aliphatic rings. The summed E-state index contributed by atoms with van der Waals surface area (Å²) in [5.41, 5.74) is 2.03. The number of rotatable bonds is 3. The summed E-state index contributed by atoms with van der Waals surface area (Å²) in [7, 11) is 2.95. The van der Waals surface area contributed by atoms with Gasteiger partial charge in [0.1, 0.15) is 11.9 Å². The third-order valence-electron chi connectivity index (χ3n) is 4.82. The topological polar surface area (TPSA) is 60.9 Å². The molecule has 2 aliphatic heterocycles. The first-order valence-electron chi connectivity index (χ1n) is 8.15. The molecule has 0 aromatic heterocycles. The van der Waals surface area contributed by atoms with Crippen LogP contribution in [-0.2, 0) is 9.59 Å². The van der Waals surface area contributed by atoms with E-state index in [0.717, 1.165) is 16.0 Å². The number of imide groups is 1. The van der Waals surface area contributed by atoms with Crippen LogP contribution < -0.4 is 0 Å². The van der Waals surface area contributed by atoms with Crippen molar-refractivity contribution in [3.63, 3.8) is 0 Å². The van der Waals surface area contributed by atoms with Crippen LogP contribution in [-0.4, -0.2) is 65.8 Å². The summed E-state index contributed by atoms with van der Waals surface area (Å²) in [6.45, 7) is 0.983. The molecule has 0 spiro atoms. The standard InChI is InChI=1S/C18H20FN3O3/c1-20-15(17(24)21(2)18(20)25)11-16(23)22-9-7-13(8-10-22)12-3-5-14(19)6-4-12/h3-7,15H,8-11H2,1-2H3/t15-/m0/s1. The van der Waals surface area contributed by atoms with Gasteiger partial charge in [0.2, 0.25) is 5.91 Å². The zero-order valence-electron chi connectivity index (χ0n) is 14.2. The van der Waals surface area contributed by atoms with Gasteiger partial charge in [-0.25, -0.2) is 9.18 Å². The van der Waals surface area contributed by atoms with E-state index in [4.69, 9.17) is 0 Å². The van der Waals surface area contributed by atoms with E-state index in [1.807, 2.05) is 6.08 Å². The van der Waals surface area contributed by atoms with E-state index in [1.54, 1.807) is 17.0 Å². The molecule has 1 aromatic rings. The van der Waals surface area contributed by atoms with E-state index in [2.05, 4.69) is 0 Å². The Bertz CT molecular complexity index is 744. The second kappa shape index (κ2) is 6.66. The zero-order valence-corrected chi connectivity index (χ0v) is 14.2. The largest absolute Gasteiger partial charge is 0.339 e. The van der Waals surface area contributed by atoms with E-state index in [9.17, 15) is 18.8 Å². The van der Waals surface area contributed by atoms with Crippen LogP contribution in [0.1, 0.15) is 18.4 Å². The van der Waals surface area contributed by atoms with Gasteiger partial charge in [-0.1, -0.05) is 18.2 Å². The molecule has 6 nitrogen and oxygen atoms in total. The van der Waals surface area contributed by atoms with Gasteiger partial charge in [-0.3, -0.25) is 14.5 Å². The lowest BCUT2D eigenvalue weighted by Gasteiger charge is -2.28. The summed E-state index contributed by atoms with van der Waals surface area (Å²) in [6.07, 6.45) is 2.61. The van der Waals surface area contributed by atoms with Gasteiger partial charge in [0.25, 0.3) is 5.91 Å². The highest BCUT2D eigenvalue weighted by Gasteiger charge is 2.42. The molecule has 1 fully saturated rings. The van der Waals surface area contributed by atoms with Crippen molar-refractivity contribution >= 4 is 23.4 Å². The number of halogens is 1. The van der Waals surface area contributed by atoms with Crippen molar-refractivity contribution in [3.8, 4) is 0 Å². The first-order valence-corrected chi connectivity index (χ1v) is 8.15. The van der Waals surface area contributed by atoms with Crippen LogP contribution in [0.5, 0.6) is 0 Å².